The van der Waals surface area contributed by atoms with Crippen LogP contribution in [0.5, 0.6) is 0 Å². The molecule has 3 aliphatic rings. The van der Waals surface area contributed by atoms with Crippen molar-refractivity contribution >= 4 is 17.5 Å². The van der Waals surface area contributed by atoms with Crippen molar-refractivity contribution in [2.24, 2.45) is 17.3 Å². The number of aliphatic hydroxyl groups excluding tert-OH is 1. The van der Waals surface area contributed by atoms with E-state index in [-0.39, 0.29) is 23.0 Å². The molecule has 1 aromatic carbocycles. The predicted molar refractivity (Wildman–Crippen MR) is 107 cm³/mol. The molecule has 1 aliphatic carbocycles. The molecular weight excluding hydrogens is 379 g/mol. The molecule has 28 heavy (non-hydrogen) atoms. The van der Waals surface area contributed by atoms with Crippen molar-refractivity contribution in [1.82, 2.24) is 9.80 Å². The number of likely N-dealkylation sites (tertiary alicyclic amines) is 2. The van der Waals surface area contributed by atoms with E-state index in [1.807, 2.05) is 4.90 Å². The van der Waals surface area contributed by atoms with Gasteiger partial charge in [-0.05, 0) is 36.0 Å². The molecule has 154 valence electrons. The molecule has 2 heterocycles. The highest BCUT2D eigenvalue weighted by molar-refractivity contribution is 6.30. The number of carbonyl (C=O) groups is 1. The monoisotopic (exact) mass is 408 g/mol. The molecule has 1 aromatic rings. The molecule has 2 atom stereocenters. The van der Waals surface area contributed by atoms with Crippen LogP contribution < -0.4 is 0 Å². The van der Waals surface area contributed by atoms with Crippen molar-refractivity contribution in [2.45, 2.75) is 45.1 Å². The standard InChI is InChI=1S/C22H30ClFN2O2/c23-19-9-17(5-7-20(19)24)10-25-11-18-12-26(14-22(18,13-25)15-27)21(28)8-6-16-3-1-2-4-16/h5,7,9,16,18,27H,1-4,6,8,10-15H2. The molecule has 2 saturated heterocycles. The fourth-order valence-electron chi connectivity index (χ4n) is 5.51. The van der Waals surface area contributed by atoms with Gasteiger partial charge < -0.3 is 10.0 Å². The van der Waals surface area contributed by atoms with E-state index in [9.17, 15) is 14.3 Å². The quantitative estimate of drug-likeness (QED) is 0.780. The molecule has 0 spiro atoms. The molecular formula is C22H30ClFN2O2. The zero-order valence-corrected chi connectivity index (χ0v) is 17.1. The molecule has 4 nitrogen and oxygen atoms in total. The van der Waals surface area contributed by atoms with Crippen LogP contribution in [0.1, 0.15) is 44.1 Å². The van der Waals surface area contributed by atoms with Crippen LogP contribution >= 0.6 is 11.6 Å². The lowest BCUT2D eigenvalue weighted by Crippen LogP contribution is -2.38. The highest BCUT2D eigenvalue weighted by atomic mass is 35.5. The van der Waals surface area contributed by atoms with E-state index in [1.54, 1.807) is 12.1 Å². The Labute approximate surface area is 171 Å². The van der Waals surface area contributed by atoms with Crippen molar-refractivity contribution < 1.29 is 14.3 Å². The highest BCUT2D eigenvalue weighted by Crippen LogP contribution is 2.43. The van der Waals surface area contributed by atoms with Gasteiger partial charge in [0.05, 0.1) is 11.6 Å². The number of carbonyl (C=O) groups excluding carboxylic acids is 1. The van der Waals surface area contributed by atoms with Gasteiger partial charge in [0.1, 0.15) is 5.82 Å². The fourth-order valence-corrected chi connectivity index (χ4v) is 5.71. The van der Waals surface area contributed by atoms with Gasteiger partial charge in [0, 0.05) is 44.6 Å². The summed E-state index contributed by atoms with van der Waals surface area (Å²) in [7, 11) is 0. The number of rotatable bonds is 6. The average Bonchev–Trinajstić information content (AvgIpc) is 3.37. The van der Waals surface area contributed by atoms with Gasteiger partial charge in [-0.15, -0.1) is 0 Å². The summed E-state index contributed by atoms with van der Waals surface area (Å²) < 4.78 is 13.4. The van der Waals surface area contributed by atoms with Crippen molar-refractivity contribution in [3.05, 3.63) is 34.6 Å². The SMILES string of the molecule is O=C(CCC1CCCC1)N1CC2CN(Cc3ccc(F)c(Cl)c3)CC2(CO)C1. The Morgan fingerprint density at radius 1 is 1.25 bits per heavy atom. The minimum atomic E-state index is -0.401. The van der Waals surface area contributed by atoms with Gasteiger partial charge in [-0.1, -0.05) is 43.4 Å². The molecule has 1 saturated carbocycles. The second kappa shape index (κ2) is 8.29. The maximum Gasteiger partial charge on any atom is 0.222 e. The maximum atomic E-state index is 13.4. The van der Waals surface area contributed by atoms with Gasteiger partial charge in [-0.2, -0.15) is 0 Å². The van der Waals surface area contributed by atoms with Crippen molar-refractivity contribution in [3.63, 3.8) is 0 Å². The highest BCUT2D eigenvalue weighted by Gasteiger charge is 2.52. The van der Waals surface area contributed by atoms with Gasteiger partial charge in [-0.25, -0.2) is 4.39 Å². The topological polar surface area (TPSA) is 43.8 Å². The van der Waals surface area contributed by atoms with Gasteiger partial charge in [0.25, 0.3) is 0 Å². The van der Waals surface area contributed by atoms with Crippen LogP contribution in [0.3, 0.4) is 0 Å². The van der Waals surface area contributed by atoms with E-state index in [0.29, 0.717) is 25.4 Å². The molecule has 0 aromatic heterocycles. The Morgan fingerprint density at radius 3 is 2.71 bits per heavy atom. The van der Waals surface area contributed by atoms with Gasteiger partial charge in [-0.3, -0.25) is 9.69 Å². The summed E-state index contributed by atoms with van der Waals surface area (Å²) in [6, 6.07) is 4.84. The first-order valence-corrected chi connectivity index (χ1v) is 10.9. The fraction of sp³-hybridized carbons (Fsp3) is 0.682. The molecule has 0 radical (unpaired) electrons. The number of benzene rings is 1. The average molecular weight is 409 g/mol. The summed E-state index contributed by atoms with van der Waals surface area (Å²) >= 11 is 5.90. The molecule has 4 rings (SSSR count). The molecule has 1 amide bonds. The Bertz CT molecular complexity index is 724. The molecule has 2 unspecified atom stereocenters. The number of hydrogen-bond donors (Lipinski definition) is 1. The van der Waals surface area contributed by atoms with Crippen molar-refractivity contribution in [1.29, 1.82) is 0 Å². The van der Waals surface area contributed by atoms with Crippen LogP contribution in [-0.2, 0) is 11.3 Å². The Morgan fingerprint density at radius 2 is 2.04 bits per heavy atom. The van der Waals surface area contributed by atoms with Gasteiger partial charge in [0.15, 0.2) is 0 Å². The number of halogens is 2. The van der Waals surface area contributed by atoms with Crippen LogP contribution in [-0.4, -0.2) is 53.6 Å². The lowest BCUT2D eigenvalue weighted by Gasteiger charge is -2.27. The largest absolute Gasteiger partial charge is 0.396 e. The minimum Gasteiger partial charge on any atom is -0.396 e. The third kappa shape index (κ3) is 4.07. The summed E-state index contributed by atoms with van der Waals surface area (Å²) in [4.78, 5) is 17.0. The van der Waals surface area contributed by atoms with E-state index in [0.717, 1.165) is 37.5 Å². The van der Waals surface area contributed by atoms with Crippen LogP contribution in [0.25, 0.3) is 0 Å². The minimum absolute atomic E-state index is 0.102. The number of fused-ring (bicyclic) bond motifs is 1. The molecule has 3 fully saturated rings. The van der Waals surface area contributed by atoms with E-state index < -0.39 is 5.82 Å². The smallest absolute Gasteiger partial charge is 0.222 e. The number of hydrogen-bond acceptors (Lipinski definition) is 3. The van der Waals surface area contributed by atoms with Gasteiger partial charge in [0.2, 0.25) is 5.91 Å². The summed E-state index contributed by atoms with van der Waals surface area (Å²) in [6.07, 6.45) is 6.85. The molecule has 0 bridgehead atoms. The van der Waals surface area contributed by atoms with E-state index in [4.69, 9.17) is 11.6 Å². The van der Waals surface area contributed by atoms with Crippen LogP contribution in [0.2, 0.25) is 5.02 Å². The Hall–Kier alpha value is -1.17. The maximum absolute atomic E-state index is 13.4. The molecule has 1 N–H and O–H groups in total. The van der Waals surface area contributed by atoms with Crippen LogP contribution in [0.15, 0.2) is 18.2 Å². The lowest BCUT2D eigenvalue weighted by molar-refractivity contribution is -0.131. The number of aliphatic hydroxyl groups is 1. The van der Waals surface area contributed by atoms with Gasteiger partial charge >= 0.3 is 0 Å². The summed E-state index contributed by atoms with van der Waals surface area (Å²) in [5.41, 5.74) is 0.747. The summed E-state index contributed by atoms with van der Waals surface area (Å²) in [5, 5.41) is 10.3. The first-order chi connectivity index (χ1) is 13.5. The summed E-state index contributed by atoms with van der Waals surface area (Å²) in [6.45, 7) is 3.79. The van der Waals surface area contributed by atoms with Crippen molar-refractivity contribution in [3.8, 4) is 0 Å². The Balaban J connectivity index is 1.33. The van der Waals surface area contributed by atoms with Crippen LogP contribution in [0.4, 0.5) is 4.39 Å². The van der Waals surface area contributed by atoms with Crippen molar-refractivity contribution in [2.75, 3.05) is 32.8 Å². The first-order valence-electron chi connectivity index (χ1n) is 10.5. The number of amides is 1. The third-order valence-corrected chi connectivity index (χ3v) is 7.42. The second-order valence-electron chi connectivity index (χ2n) is 9.10. The Kier molecular flexibility index (Phi) is 5.96. The zero-order valence-electron chi connectivity index (χ0n) is 16.4. The molecule has 2 aliphatic heterocycles. The first kappa shape index (κ1) is 20.1. The van der Waals surface area contributed by atoms with E-state index in [1.165, 1.54) is 31.7 Å². The number of nitrogens with zero attached hydrogens (tertiary/aromatic N) is 2. The third-order valence-electron chi connectivity index (χ3n) is 7.13. The normalized spacial score (nSPS) is 28.2. The second-order valence-corrected chi connectivity index (χ2v) is 9.51. The zero-order chi connectivity index (χ0) is 19.7. The lowest BCUT2D eigenvalue weighted by atomic mass is 9.82. The van der Waals surface area contributed by atoms with E-state index >= 15 is 0 Å². The van der Waals surface area contributed by atoms with Crippen LogP contribution in [0, 0.1) is 23.1 Å². The summed E-state index contributed by atoms with van der Waals surface area (Å²) in [5.74, 6) is 0.882. The van der Waals surface area contributed by atoms with E-state index in [2.05, 4.69) is 4.90 Å². The molecule has 6 heteroatoms. The predicted octanol–water partition coefficient (Wildman–Crippen LogP) is 3.70.